The molecule has 0 aliphatic rings. The fourth-order valence-electron chi connectivity index (χ4n) is 3.47. The molecule has 0 radical (unpaired) electrons. The third kappa shape index (κ3) is 4.80. The molecule has 2 aromatic heterocycles. The average Bonchev–Trinajstić information content (AvgIpc) is 3.32. The molecule has 4 rings (SSSR count). The van der Waals surface area contributed by atoms with Gasteiger partial charge in [-0.2, -0.15) is 4.98 Å². The zero-order chi connectivity index (χ0) is 23.8. The summed E-state index contributed by atoms with van der Waals surface area (Å²) >= 11 is 6.79. The van der Waals surface area contributed by atoms with Gasteiger partial charge in [-0.3, -0.25) is 0 Å². The van der Waals surface area contributed by atoms with Crippen LogP contribution < -0.4 is 10.1 Å². The van der Waals surface area contributed by atoms with Gasteiger partial charge in [0, 0.05) is 24.5 Å². The van der Waals surface area contributed by atoms with Crippen molar-refractivity contribution in [2.45, 2.75) is 39.8 Å². The second kappa shape index (κ2) is 8.78. The van der Waals surface area contributed by atoms with Gasteiger partial charge in [-0.1, -0.05) is 28.9 Å². The van der Waals surface area contributed by atoms with Crippen molar-refractivity contribution in [3.05, 3.63) is 58.9 Å². The largest absolute Gasteiger partial charge is 0.497 e. The molecule has 172 valence electrons. The second-order valence-electron chi connectivity index (χ2n) is 8.54. The van der Waals surface area contributed by atoms with Crippen LogP contribution in [0.5, 0.6) is 5.75 Å². The van der Waals surface area contributed by atoms with E-state index in [-0.39, 0.29) is 0 Å². The Morgan fingerprint density at radius 1 is 1.18 bits per heavy atom. The van der Waals surface area contributed by atoms with Crippen LogP contribution in [0.2, 0.25) is 5.02 Å². The van der Waals surface area contributed by atoms with Crippen molar-refractivity contribution >= 4 is 28.6 Å². The Balaban J connectivity index is 1.71. The Bertz CT molecular complexity index is 1300. The van der Waals surface area contributed by atoms with Crippen LogP contribution in [-0.4, -0.2) is 33.5 Å². The summed E-state index contributed by atoms with van der Waals surface area (Å²) in [4.78, 5) is 16.3. The third-order valence-electron chi connectivity index (χ3n) is 4.88. The van der Waals surface area contributed by atoms with E-state index in [0.29, 0.717) is 34.7 Å². The molecule has 9 heteroatoms. The fraction of sp³-hybridized carbons (Fsp3) is 0.292. The van der Waals surface area contributed by atoms with Gasteiger partial charge >= 0.3 is 6.09 Å². The van der Waals surface area contributed by atoms with Crippen LogP contribution >= 0.6 is 11.6 Å². The highest BCUT2D eigenvalue weighted by atomic mass is 35.5. The van der Waals surface area contributed by atoms with E-state index in [9.17, 15) is 4.79 Å². The van der Waals surface area contributed by atoms with Crippen LogP contribution in [0.1, 0.15) is 32.2 Å². The summed E-state index contributed by atoms with van der Waals surface area (Å²) in [5.41, 5.74) is 2.73. The Hall–Kier alpha value is -3.52. The number of fused-ring (bicyclic) bond motifs is 1. The Morgan fingerprint density at radius 2 is 1.91 bits per heavy atom. The van der Waals surface area contributed by atoms with Crippen LogP contribution in [0.25, 0.3) is 28.1 Å². The number of nitrogens with zero attached hydrogens (tertiary/aromatic N) is 3. The molecule has 2 aromatic carbocycles. The summed E-state index contributed by atoms with van der Waals surface area (Å²) in [6.45, 7) is 7.55. The topological polar surface area (TPSA) is 91.4 Å². The van der Waals surface area contributed by atoms with Crippen LogP contribution in [0.3, 0.4) is 0 Å². The number of methoxy groups -OCH3 is 1. The number of amides is 1. The SMILES string of the molecule is COc1ccc2c(c1)c(Cl)c(-c1noc(C)n1)n2-c1ccc(CNC(=O)OC(C)(C)C)cc1. The molecule has 2 heterocycles. The van der Waals surface area contributed by atoms with Gasteiger partial charge in [-0.15, -0.1) is 0 Å². The van der Waals surface area contributed by atoms with Crippen LogP contribution in [-0.2, 0) is 11.3 Å². The maximum atomic E-state index is 11.9. The van der Waals surface area contributed by atoms with Crippen LogP contribution in [0.15, 0.2) is 47.0 Å². The summed E-state index contributed by atoms with van der Waals surface area (Å²) in [5.74, 6) is 1.53. The van der Waals surface area contributed by atoms with Crippen molar-refractivity contribution in [3.8, 4) is 23.0 Å². The minimum Gasteiger partial charge on any atom is -0.497 e. The molecular weight excluding hydrogens is 444 g/mol. The van der Waals surface area contributed by atoms with E-state index < -0.39 is 11.7 Å². The van der Waals surface area contributed by atoms with Gasteiger partial charge in [0.1, 0.15) is 17.0 Å². The van der Waals surface area contributed by atoms with Gasteiger partial charge in [0.05, 0.1) is 17.6 Å². The molecule has 0 aliphatic carbocycles. The number of nitrogens with one attached hydrogen (secondary N) is 1. The maximum Gasteiger partial charge on any atom is 0.407 e. The lowest BCUT2D eigenvalue weighted by Crippen LogP contribution is -2.32. The molecule has 4 aromatic rings. The molecular formula is C24H25ClN4O4. The Morgan fingerprint density at radius 3 is 2.52 bits per heavy atom. The molecule has 1 N–H and O–H groups in total. The van der Waals surface area contributed by atoms with E-state index in [0.717, 1.165) is 22.2 Å². The second-order valence-corrected chi connectivity index (χ2v) is 8.92. The van der Waals surface area contributed by atoms with Gasteiger partial charge in [-0.05, 0) is 56.7 Å². The number of aromatic nitrogens is 3. The minimum atomic E-state index is -0.546. The van der Waals surface area contributed by atoms with E-state index in [1.807, 2.05) is 67.8 Å². The lowest BCUT2D eigenvalue weighted by atomic mass is 10.2. The first-order valence-corrected chi connectivity index (χ1v) is 10.8. The number of benzene rings is 2. The van der Waals surface area contributed by atoms with Gasteiger partial charge in [0.25, 0.3) is 0 Å². The minimum absolute atomic E-state index is 0.344. The number of rotatable bonds is 5. The monoisotopic (exact) mass is 468 g/mol. The Kier molecular flexibility index (Phi) is 6.03. The summed E-state index contributed by atoms with van der Waals surface area (Å²) in [6, 6.07) is 13.4. The lowest BCUT2D eigenvalue weighted by molar-refractivity contribution is 0.0523. The standard InChI is InChI=1S/C24H25ClN4O4/c1-14-27-22(28-33-14)21-20(25)18-12-17(31-5)10-11-19(18)29(21)16-8-6-15(7-9-16)13-26-23(30)32-24(2,3)4/h6-12H,13H2,1-5H3,(H,26,30). The molecule has 0 saturated heterocycles. The van der Waals surface area contributed by atoms with Crippen molar-refractivity contribution < 1.29 is 18.8 Å². The van der Waals surface area contributed by atoms with Crippen molar-refractivity contribution in [2.24, 2.45) is 0 Å². The van der Waals surface area contributed by atoms with Gasteiger partial charge < -0.3 is 23.9 Å². The summed E-state index contributed by atoms with van der Waals surface area (Å²) in [6.07, 6.45) is -0.460. The van der Waals surface area contributed by atoms with E-state index in [1.165, 1.54) is 0 Å². The zero-order valence-electron chi connectivity index (χ0n) is 19.1. The molecule has 0 atom stereocenters. The maximum absolute atomic E-state index is 11.9. The smallest absolute Gasteiger partial charge is 0.407 e. The molecule has 0 fully saturated rings. The number of carbonyl (C=O) groups is 1. The predicted octanol–water partition coefficient (Wildman–Crippen LogP) is 5.68. The summed E-state index contributed by atoms with van der Waals surface area (Å²) in [5, 5.41) is 8.16. The lowest BCUT2D eigenvalue weighted by Gasteiger charge is -2.19. The van der Waals surface area contributed by atoms with E-state index >= 15 is 0 Å². The number of hydrogen-bond donors (Lipinski definition) is 1. The van der Waals surface area contributed by atoms with E-state index in [4.69, 9.17) is 25.6 Å². The van der Waals surface area contributed by atoms with Gasteiger partial charge in [-0.25, -0.2) is 4.79 Å². The van der Waals surface area contributed by atoms with Crippen molar-refractivity contribution in [2.75, 3.05) is 7.11 Å². The van der Waals surface area contributed by atoms with Crippen molar-refractivity contribution in [1.29, 1.82) is 0 Å². The van der Waals surface area contributed by atoms with Crippen LogP contribution in [0.4, 0.5) is 4.79 Å². The molecule has 8 nitrogen and oxygen atoms in total. The average molecular weight is 469 g/mol. The first-order valence-electron chi connectivity index (χ1n) is 10.4. The number of alkyl carbamates (subject to hydrolysis) is 1. The van der Waals surface area contributed by atoms with E-state index in [2.05, 4.69) is 15.5 Å². The quantitative estimate of drug-likeness (QED) is 0.405. The fourth-order valence-corrected chi connectivity index (χ4v) is 3.79. The van der Waals surface area contributed by atoms with Gasteiger partial charge in [0.2, 0.25) is 11.7 Å². The highest BCUT2D eigenvalue weighted by molar-refractivity contribution is 6.38. The van der Waals surface area contributed by atoms with Gasteiger partial charge in [0.15, 0.2) is 0 Å². The number of hydrogen-bond acceptors (Lipinski definition) is 6. The summed E-state index contributed by atoms with van der Waals surface area (Å²) in [7, 11) is 1.61. The molecule has 0 saturated carbocycles. The first-order chi connectivity index (χ1) is 15.7. The molecule has 0 bridgehead atoms. The van der Waals surface area contributed by atoms with Crippen LogP contribution in [0, 0.1) is 6.92 Å². The number of carbonyl (C=O) groups excluding carboxylic acids is 1. The number of aryl methyl sites for hydroxylation is 1. The highest BCUT2D eigenvalue weighted by Crippen LogP contribution is 2.40. The predicted molar refractivity (Wildman–Crippen MR) is 126 cm³/mol. The zero-order valence-corrected chi connectivity index (χ0v) is 19.9. The van der Waals surface area contributed by atoms with Crippen molar-refractivity contribution in [1.82, 2.24) is 20.0 Å². The van der Waals surface area contributed by atoms with Crippen molar-refractivity contribution in [3.63, 3.8) is 0 Å². The first kappa shape index (κ1) is 22.7. The molecule has 1 amide bonds. The molecule has 0 unspecified atom stereocenters. The third-order valence-corrected chi connectivity index (χ3v) is 5.26. The number of ether oxygens (including phenoxy) is 2. The molecule has 0 spiro atoms. The summed E-state index contributed by atoms with van der Waals surface area (Å²) < 4.78 is 17.8. The molecule has 0 aliphatic heterocycles. The molecule has 33 heavy (non-hydrogen) atoms. The number of halogens is 1. The highest BCUT2D eigenvalue weighted by Gasteiger charge is 2.23. The van der Waals surface area contributed by atoms with E-state index in [1.54, 1.807) is 14.0 Å². The Labute approximate surface area is 196 Å². The normalized spacial score (nSPS) is 11.6.